The second-order valence-electron chi connectivity index (χ2n) is 2.91. The molecular weight excluding hydrogens is 88.1 g/mol. The van der Waals surface area contributed by atoms with Crippen molar-refractivity contribution in [3.05, 3.63) is 7.11 Å². The highest BCUT2D eigenvalue weighted by molar-refractivity contribution is 4.57. The molecule has 0 N–H and O–H groups in total. The summed E-state index contributed by atoms with van der Waals surface area (Å²) in [6.07, 6.45) is 0. The molecule has 0 bridgehead atoms. The zero-order valence-electron chi connectivity index (χ0n) is 5.32. The minimum atomic E-state index is 0.266. The molecule has 0 aromatic carbocycles. The van der Waals surface area contributed by atoms with Crippen LogP contribution in [0.3, 0.4) is 0 Å². The van der Waals surface area contributed by atoms with Gasteiger partial charge in [-0.05, 0) is 5.41 Å². The normalized spacial score (nSPS) is 12.0. The maximum atomic E-state index is 4.66. The van der Waals surface area contributed by atoms with Gasteiger partial charge in [0.1, 0.15) is 0 Å². The van der Waals surface area contributed by atoms with Crippen LogP contribution in [0, 0.1) is 12.5 Å². The van der Waals surface area contributed by atoms with Gasteiger partial charge in [0, 0.05) is 0 Å². The highest BCUT2D eigenvalue weighted by Gasteiger charge is 2.07. The van der Waals surface area contributed by atoms with Crippen molar-refractivity contribution in [2.45, 2.75) is 20.8 Å². The average molecular weight is 101 g/mol. The van der Waals surface area contributed by atoms with E-state index in [1.54, 1.807) is 0 Å². The monoisotopic (exact) mass is 101 g/mol. The van der Waals surface area contributed by atoms with Crippen LogP contribution in [0.5, 0.6) is 0 Å². The van der Waals surface area contributed by atoms with Gasteiger partial charge >= 0.3 is 0 Å². The molecule has 1 heteroatoms. The molecule has 0 amide bonds. The standard InChI is InChI=1S/C6H13O/c1-6(2,3)5-7-4/h4-5H2,1-3H3. The summed E-state index contributed by atoms with van der Waals surface area (Å²) >= 11 is 0. The molecule has 0 aromatic rings. The van der Waals surface area contributed by atoms with Crippen molar-refractivity contribution in [3.63, 3.8) is 0 Å². The van der Waals surface area contributed by atoms with E-state index < -0.39 is 0 Å². The molecule has 0 aliphatic rings. The van der Waals surface area contributed by atoms with Crippen molar-refractivity contribution >= 4 is 0 Å². The van der Waals surface area contributed by atoms with Crippen molar-refractivity contribution in [2.75, 3.05) is 6.61 Å². The molecule has 7 heavy (non-hydrogen) atoms. The van der Waals surface area contributed by atoms with Crippen LogP contribution in [0.15, 0.2) is 0 Å². The molecule has 0 aliphatic heterocycles. The Morgan fingerprint density at radius 1 is 1.43 bits per heavy atom. The van der Waals surface area contributed by atoms with Crippen LogP contribution in [0.25, 0.3) is 0 Å². The van der Waals surface area contributed by atoms with Gasteiger partial charge in [-0.1, -0.05) is 20.8 Å². The van der Waals surface area contributed by atoms with Crippen molar-refractivity contribution in [3.8, 4) is 0 Å². The minimum absolute atomic E-state index is 0.266. The Morgan fingerprint density at radius 2 is 1.86 bits per heavy atom. The Balaban J connectivity index is 3.15. The maximum Gasteiger partial charge on any atom is 0.0700 e. The Hall–Kier alpha value is -0.0400. The first-order chi connectivity index (χ1) is 3.06. The minimum Gasteiger partial charge on any atom is -0.379 e. The fourth-order valence-electron chi connectivity index (χ4n) is 0.306. The van der Waals surface area contributed by atoms with E-state index in [1.807, 2.05) is 0 Å². The van der Waals surface area contributed by atoms with Gasteiger partial charge < -0.3 is 4.74 Å². The van der Waals surface area contributed by atoms with E-state index in [-0.39, 0.29) is 5.41 Å². The van der Waals surface area contributed by atoms with Gasteiger partial charge in [-0.25, -0.2) is 0 Å². The Morgan fingerprint density at radius 3 is 1.86 bits per heavy atom. The molecule has 1 nitrogen and oxygen atoms in total. The second-order valence-corrected chi connectivity index (χ2v) is 2.91. The lowest BCUT2D eigenvalue weighted by Gasteiger charge is -2.15. The zero-order chi connectivity index (χ0) is 5.91. The first-order valence-electron chi connectivity index (χ1n) is 2.43. The van der Waals surface area contributed by atoms with Crippen molar-refractivity contribution < 1.29 is 4.74 Å². The molecule has 0 fully saturated rings. The molecule has 0 aliphatic carbocycles. The van der Waals surface area contributed by atoms with E-state index in [4.69, 9.17) is 0 Å². The summed E-state index contributed by atoms with van der Waals surface area (Å²) in [6, 6.07) is 0. The number of hydrogen-bond donors (Lipinski definition) is 0. The van der Waals surface area contributed by atoms with Crippen molar-refractivity contribution in [1.82, 2.24) is 0 Å². The van der Waals surface area contributed by atoms with Gasteiger partial charge in [-0.3, -0.25) is 0 Å². The summed E-state index contributed by atoms with van der Waals surface area (Å²) in [5, 5.41) is 0. The Labute approximate surface area is 45.7 Å². The molecule has 0 unspecified atom stereocenters. The molecule has 43 valence electrons. The largest absolute Gasteiger partial charge is 0.379 e. The van der Waals surface area contributed by atoms with Crippen LogP contribution in [0.1, 0.15) is 20.8 Å². The lowest BCUT2D eigenvalue weighted by molar-refractivity contribution is 0.146. The molecule has 1 radical (unpaired) electrons. The van der Waals surface area contributed by atoms with Crippen LogP contribution in [-0.4, -0.2) is 6.61 Å². The van der Waals surface area contributed by atoms with E-state index >= 15 is 0 Å². The first-order valence-corrected chi connectivity index (χ1v) is 2.43. The number of ether oxygens (including phenoxy) is 1. The lowest BCUT2D eigenvalue weighted by Crippen LogP contribution is -2.11. The van der Waals surface area contributed by atoms with E-state index in [0.29, 0.717) is 0 Å². The molecule has 0 saturated carbocycles. The third-order valence-electron chi connectivity index (χ3n) is 0.535. The molecule has 0 saturated heterocycles. The third-order valence-corrected chi connectivity index (χ3v) is 0.535. The molecule has 0 heterocycles. The fraction of sp³-hybridized carbons (Fsp3) is 0.833. The summed E-state index contributed by atoms with van der Waals surface area (Å²) in [7, 11) is 3.27. The topological polar surface area (TPSA) is 9.23 Å². The van der Waals surface area contributed by atoms with Gasteiger partial charge in [0.2, 0.25) is 0 Å². The van der Waals surface area contributed by atoms with Crippen LogP contribution in [0.4, 0.5) is 0 Å². The van der Waals surface area contributed by atoms with E-state index in [9.17, 15) is 0 Å². The SMILES string of the molecule is [CH2]OCC(C)(C)C. The lowest BCUT2D eigenvalue weighted by atomic mass is 9.99. The van der Waals surface area contributed by atoms with Crippen LogP contribution < -0.4 is 0 Å². The maximum absolute atomic E-state index is 4.66. The highest BCUT2D eigenvalue weighted by Crippen LogP contribution is 2.11. The highest BCUT2D eigenvalue weighted by atomic mass is 16.5. The predicted octanol–water partition coefficient (Wildman–Crippen LogP) is 1.84. The summed E-state index contributed by atoms with van der Waals surface area (Å²) in [5.74, 6) is 0. The number of rotatable bonds is 1. The second kappa shape index (κ2) is 2.31. The average Bonchev–Trinajstić information content (AvgIpc) is 1.30. The van der Waals surface area contributed by atoms with Crippen LogP contribution in [-0.2, 0) is 4.74 Å². The van der Waals surface area contributed by atoms with E-state index in [2.05, 4.69) is 32.6 Å². The van der Waals surface area contributed by atoms with Crippen LogP contribution >= 0.6 is 0 Å². The van der Waals surface area contributed by atoms with Crippen molar-refractivity contribution in [1.29, 1.82) is 0 Å². The van der Waals surface area contributed by atoms with E-state index in [1.165, 1.54) is 0 Å². The quantitative estimate of drug-likeness (QED) is 0.489. The van der Waals surface area contributed by atoms with Gasteiger partial charge in [0.05, 0.1) is 13.7 Å². The predicted molar refractivity (Wildman–Crippen MR) is 30.8 cm³/mol. The first kappa shape index (κ1) is 6.96. The fourth-order valence-corrected chi connectivity index (χ4v) is 0.306. The van der Waals surface area contributed by atoms with Crippen molar-refractivity contribution in [2.24, 2.45) is 5.41 Å². The zero-order valence-corrected chi connectivity index (χ0v) is 5.32. The molecule has 0 atom stereocenters. The van der Waals surface area contributed by atoms with Gasteiger partial charge in [0.25, 0.3) is 0 Å². The third kappa shape index (κ3) is 5.96. The van der Waals surface area contributed by atoms with Crippen LogP contribution in [0.2, 0.25) is 0 Å². The molecule has 0 rings (SSSR count). The molecule has 0 aromatic heterocycles. The van der Waals surface area contributed by atoms with Gasteiger partial charge in [0.15, 0.2) is 0 Å². The summed E-state index contributed by atoms with van der Waals surface area (Å²) in [6.45, 7) is 7.06. The summed E-state index contributed by atoms with van der Waals surface area (Å²) in [4.78, 5) is 0. The number of hydrogen-bond acceptors (Lipinski definition) is 1. The summed E-state index contributed by atoms with van der Waals surface area (Å²) in [5.41, 5.74) is 0.266. The Bertz CT molecular complexity index is 42.6. The Kier molecular flexibility index (Phi) is 2.30. The van der Waals surface area contributed by atoms with E-state index in [0.717, 1.165) is 6.61 Å². The summed E-state index contributed by atoms with van der Waals surface area (Å²) < 4.78 is 4.66. The van der Waals surface area contributed by atoms with Gasteiger partial charge in [-0.15, -0.1) is 0 Å². The smallest absolute Gasteiger partial charge is 0.0700 e. The molecule has 0 spiro atoms. The van der Waals surface area contributed by atoms with Gasteiger partial charge in [-0.2, -0.15) is 0 Å². The molecular formula is C6H13O.